The maximum Gasteiger partial charge on any atom is 0.251 e. The fourth-order valence-electron chi connectivity index (χ4n) is 2.95. The SMILES string of the molecule is O=C(N[C@H](CO)Cc1ccccc1)C1CCN(CC(F)F)CC1. The first-order chi connectivity index (χ1) is 11.1. The lowest BCUT2D eigenvalue weighted by Crippen LogP contribution is -2.46. The molecule has 2 rings (SSSR count). The fourth-order valence-corrected chi connectivity index (χ4v) is 2.95. The molecule has 1 heterocycles. The van der Waals surface area contributed by atoms with Gasteiger partial charge in [0, 0.05) is 5.92 Å². The molecule has 1 saturated heterocycles. The van der Waals surface area contributed by atoms with Crippen LogP contribution in [0.1, 0.15) is 18.4 Å². The van der Waals surface area contributed by atoms with Crippen molar-refractivity contribution in [2.75, 3.05) is 26.2 Å². The van der Waals surface area contributed by atoms with Crippen molar-refractivity contribution in [1.29, 1.82) is 0 Å². The van der Waals surface area contributed by atoms with E-state index in [2.05, 4.69) is 5.32 Å². The summed E-state index contributed by atoms with van der Waals surface area (Å²) in [5.41, 5.74) is 1.05. The standard InChI is InChI=1S/C17H24F2N2O2/c18-16(19)11-21-8-6-14(7-9-21)17(23)20-15(12-22)10-13-4-2-1-3-5-13/h1-5,14-16,22H,6-12H2,(H,20,23)/t15-/m0/s1. The van der Waals surface area contributed by atoms with Crippen LogP contribution in [0.5, 0.6) is 0 Å². The number of likely N-dealkylation sites (tertiary alicyclic amines) is 1. The molecule has 1 aromatic carbocycles. The van der Waals surface area contributed by atoms with Gasteiger partial charge in [0.05, 0.1) is 19.2 Å². The summed E-state index contributed by atoms with van der Waals surface area (Å²) in [6.07, 6.45) is -0.581. The van der Waals surface area contributed by atoms with E-state index < -0.39 is 6.43 Å². The van der Waals surface area contributed by atoms with Gasteiger partial charge in [-0.15, -0.1) is 0 Å². The number of rotatable bonds is 7. The Kier molecular flexibility index (Phi) is 6.92. The number of carbonyl (C=O) groups is 1. The second-order valence-corrected chi connectivity index (χ2v) is 6.04. The molecule has 0 spiro atoms. The number of benzene rings is 1. The van der Waals surface area contributed by atoms with Crippen LogP contribution < -0.4 is 5.32 Å². The third-order valence-corrected chi connectivity index (χ3v) is 4.25. The maximum absolute atomic E-state index is 12.4. The summed E-state index contributed by atoms with van der Waals surface area (Å²) in [5, 5.41) is 12.4. The molecule has 1 aliphatic heterocycles. The maximum atomic E-state index is 12.4. The summed E-state index contributed by atoms with van der Waals surface area (Å²) >= 11 is 0. The molecule has 1 aromatic rings. The lowest BCUT2D eigenvalue weighted by Gasteiger charge is -2.31. The van der Waals surface area contributed by atoms with Gasteiger partial charge < -0.3 is 10.4 Å². The van der Waals surface area contributed by atoms with Crippen LogP contribution in [0.15, 0.2) is 30.3 Å². The van der Waals surface area contributed by atoms with E-state index in [1.807, 2.05) is 30.3 Å². The van der Waals surface area contributed by atoms with E-state index in [1.165, 1.54) is 0 Å². The Morgan fingerprint density at radius 3 is 2.48 bits per heavy atom. The van der Waals surface area contributed by atoms with Gasteiger partial charge >= 0.3 is 0 Å². The van der Waals surface area contributed by atoms with Gasteiger partial charge in [0.25, 0.3) is 6.43 Å². The van der Waals surface area contributed by atoms with Gasteiger partial charge in [-0.1, -0.05) is 30.3 Å². The van der Waals surface area contributed by atoms with Gasteiger partial charge in [-0.05, 0) is 37.9 Å². The van der Waals surface area contributed by atoms with E-state index in [1.54, 1.807) is 4.90 Å². The topological polar surface area (TPSA) is 52.6 Å². The van der Waals surface area contributed by atoms with Gasteiger partial charge in [-0.3, -0.25) is 9.69 Å². The predicted molar refractivity (Wildman–Crippen MR) is 84.3 cm³/mol. The van der Waals surface area contributed by atoms with E-state index >= 15 is 0 Å². The Morgan fingerprint density at radius 1 is 1.26 bits per heavy atom. The Labute approximate surface area is 135 Å². The molecule has 6 heteroatoms. The van der Waals surface area contributed by atoms with Crippen molar-refractivity contribution in [1.82, 2.24) is 10.2 Å². The lowest BCUT2D eigenvalue weighted by molar-refractivity contribution is -0.127. The van der Waals surface area contributed by atoms with Gasteiger partial charge in [0.15, 0.2) is 0 Å². The molecule has 0 saturated carbocycles. The van der Waals surface area contributed by atoms with Gasteiger partial charge in [0.1, 0.15) is 0 Å². The van der Waals surface area contributed by atoms with E-state index in [0.29, 0.717) is 32.4 Å². The van der Waals surface area contributed by atoms with Crippen molar-refractivity contribution in [2.45, 2.75) is 31.7 Å². The minimum absolute atomic E-state index is 0.0864. The second kappa shape index (κ2) is 8.93. The predicted octanol–water partition coefficient (Wildman–Crippen LogP) is 1.68. The average Bonchev–Trinajstić information content (AvgIpc) is 2.55. The summed E-state index contributed by atoms with van der Waals surface area (Å²) < 4.78 is 24.7. The highest BCUT2D eigenvalue weighted by molar-refractivity contribution is 5.79. The largest absolute Gasteiger partial charge is 0.394 e. The summed E-state index contributed by atoms with van der Waals surface area (Å²) in [6.45, 7) is 0.697. The van der Waals surface area contributed by atoms with E-state index in [9.17, 15) is 18.7 Å². The fraction of sp³-hybridized carbons (Fsp3) is 0.588. The number of aliphatic hydroxyl groups is 1. The molecular weight excluding hydrogens is 302 g/mol. The number of halogens is 2. The number of amides is 1. The number of nitrogens with one attached hydrogen (secondary N) is 1. The first kappa shape index (κ1) is 17.8. The van der Waals surface area contributed by atoms with Gasteiger partial charge in [-0.2, -0.15) is 0 Å². The summed E-state index contributed by atoms with van der Waals surface area (Å²) in [6, 6.07) is 9.36. The Balaban J connectivity index is 1.79. The third kappa shape index (κ3) is 5.88. The molecule has 0 unspecified atom stereocenters. The molecular formula is C17H24F2N2O2. The molecule has 0 bridgehead atoms. The van der Waals surface area contributed by atoms with Crippen LogP contribution in [0, 0.1) is 5.92 Å². The molecule has 1 amide bonds. The molecule has 23 heavy (non-hydrogen) atoms. The van der Waals surface area contributed by atoms with E-state index in [-0.39, 0.29) is 31.0 Å². The summed E-state index contributed by atoms with van der Waals surface area (Å²) in [4.78, 5) is 14.0. The van der Waals surface area contributed by atoms with Crippen molar-refractivity contribution in [3.63, 3.8) is 0 Å². The highest BCUT2D eigenvalue weighted by Gasteiger charge is 2.27. The molecule has 4 nitrogen and oxygen atoms in total. The highest BCUT2D eigenvalue weighted by atomic mass is 19.3. The first-order valence-electron chi connectivity index (χ1n) is 8.04. The summed E-state index contributed by atoms with van der Waals surface area (Å²) in [5.74, 6) is -0.245. The van der Waals surface area contributed by atoms with Crippen molar-refractivity contribution in [3.05, 3.63) is 35.9 Å². The van der Waals surface area contributed by atoms with Crippen LogP contribution in [-0.2, 0) is 11.2 Å². The molecule has 0 radical (unpaired) electrons. The Bertz CT molecular complexity index is 477. The highest BCUT2D eigenvalue weighted by Crippen LogP contribution is 2.18. The zero-order valence-corrected chi connectivity index (χ0v) is 13.1. The number of carbonyl (C=O) groups excluding carboxylic acids is 1. The van der Waals surface area contributed by atoms with Crippen LogP contribution in [0.4, 0.5) is 8.78 Å². The van der Waals surface area contributed by atoms with Crippen molar-refractivity contribution >= 4 is 5.91 Å². The normalized spacial score (nSPS) is 18.1. The minimum atomic E-state index is -2.33. The quantitative estimate of drug-likeness (QED) is 0.802. The molecule has 0 aliphatic carbocycles. The van der Waals surface area contributed by atoms with Crippen molar-refractivity contribution < 1.29 is 18.7 Å². The van der Waals surface area contributed by atoms with Crippen LogP contribution in [0.25, 0.3) is 0 Å². The number of nitrogens with zero attached hydrogens (tertiary/aromatic N) is 1. The van der Waals surface area contributed by atoms with Crippen molar-refractivity contribution in [3.8, 4) is 0 Å². The smallest absolute Gasteiger partial charge is 0.251 e. The zero-order valence-electron chi connectivity index (χ0n) is 13.1. The Hall–Kier alpha value is -1.53. The number of piperidine rings is 1. The van der Waals surface area contributed by atoms with E-state index in [4.69, 9.17) is 0 Å². The number of hydrogen-bond donors (Lipinski definition) is 2. The van der Waals surface area contributed by atoms with Crippen LogP contribution in [-0.4, -0.2) is 54.6 Å². The molecule has 1 fully saturated rings. The average molecular weight is 326 g/mol. The van der Waals surface area contributed by atoms with Crippen LogP contribution in [0.3, 0.4) is 0 Å². The zero-order chi connectivity index (χ0) is 16.7. The monoisotopic (exact) mass is 326 g/mol. The van der Waals surface area contributed by atoms with Crippen LogP contribution in [0.2, 0.25) is 0 Å². The molecule has 0 aromatic heterocycles. The Morgan fingerprint density at radius 2 is 1.91 bits per heavy atom. The second-order valence-electron chi connectivity index (χ2n) is 6.04. The lowest BCUT2D eigenvalue weighted by atomic mass is 9.95. The molecule has 128 valence electrons. The first-order valence-corrected chi connectivity index (χ1v) is 8.04. The number of aliphatic hydroxyl groups excluding tert-OH is 1. The molecule has 2 N–H and O–H groups in total. The number of hydrogen-bond acceptors (Lipinski definition) is 3. The number of alkyl halides is 2. The van der Waals surface area contributed by atoms with Crippen molar-refractivity contribution in [2.24, 2.45) is 5.92 Å². The molecule has 1 atom stereocenters. The molecule has 1 aliphatic rings. The van der Waals surface area contributed by atoms with Gasteiger partial charge in [-0.25, -0.2) is 8.78 Å². The minimum Gasteiger partial charge on any atom is -0.394 e. The summed E-state index contributed by atoms with van der Waals surface area (Å²) in [7, 11) is 0. The van der Waals surface area contributed by atoms with E-state index in [0.717, 1.165) is 5.56 Å². The third-order valence-electron chi connectivity index (χ3n) is 4.25. The van der Waals surface area contributed by atoms with Crippen LogP contribution >= 0.6 is 0 Å². The van der Waals surface area contributed by atoms with Gasteiger partial charge in [0.2, 0.25) is 5.91 Å².